The van der Waals surface area contributed by atoms with Crippen LogP contribution >= 0.6 is 0 Å². The maximum Gasteiger partial charge on any atom is 0.256 e. The Morgan fingerprint density at radius 2 is 1.81 bits per heavy atom. The van der Waals surface area contributed by atoms with Gasteiger partial charge < -0.3 is 5.32 Å². The first kappa shape index (κ1) is 20.7. The van der Waals surface area contributed by atoms with Gasteiger partial charge >= 0.3 is 0 Å². The molecule has 2 aromatic carbocycles. The van der Waals surface area contributed by atoms with E-state index in [1.165, 1.54) is 12.1 Å². The van der Waals surface area contributed by atoms with Gasteiger partial charge in [0.1, 0.15) is 0 Å². The second kappa shape index (κ2) is 8.31. The number of sulfone groups is 1. The lowest BCUT2D eigenvalue weighted by molar-refractivity contribution is 0.102. The molecule has 8 heteroatoms. The molecule has 0 saturated carbocycles. The molecule has 0 bridgehead atoms. The number of aromatic nitrogens is 3. The van der Waals surface area contributed by atoms with E-state index in [0.29, 0.717) is 34.5 Å². The normalized spacial score (nSPS) is 11.5. The van der Waals surface area contributed by atoms with E-state index in [1.807, 2.05) is 37.3 Å². The van der Waals surface area contributed by atoms with Crippen molar-refractivity contribution >= 4 is 32.5 Å². The third-order valence-corrected chi connectivity index (χ3v) is 6.79. The molecule has 2 aromatic heterocycles. The van der Waals surface area contributed by atoms with Gasteiger partial charge in [0.25, 0.3) is 5.91 Å². The van der Waals surface area contributed by atoms with Crippen molar-refractivity contribution in [3.8, 4) is 11.3 Å². The van der Waals surface area contributed by atoms with Gasteiger partial charge in [-0.1, -0.05) is 43.3 Å². The molecule has 4 aromatic rings. The van der Waals surface area contributed by atoms with E-state index in [4.69, 9.17) is 4.98 Å². The van der Waals surface area contributed by atoms with Crippen molar-refractivity contribution in [1.29, 1.82) is 0 Å². The summed E-state index contributed by atoms with van der Waals surface area (Å²) < 4.78 is 26.1. The van der Waals surface area contributed by atoms with E-state index in [-0.39, 0.29) is 16.6 Å². The SMILES string of the molecule is CCn1ncc2c(C(=O)Nc3cccc(S(=O)(=O)CC)c3)cc(-c3ccccc3)nc21. The van der Waals surface area contributed by atoms with Crippen molar-refractivity contribution in [2.45, 2.75) is 25.3 Å². The first-order valence-corrected chi connectivity index (χ1v) is 11.6. The summed E-state index contributed by atoms with van der Waals surface area (Å²) in [5.41, 5.74) is 3.01. The first-order valence-electron chi connectivity index (χ1n) is 9.99. The molecule has 0 saturated heterocycles. The van der Waals surface area contributed by atoms with Crippen molar-refractivity contribution in [2.75, 3.05) is 11.1 Å². The summed E-state index contributed by atoms with van der Waals surface area (Å²) in [4.78, 5) is 18.1. The van der Waals surface area contributed by atoms with Crippen LogP contribution in [-0.2, 0) is 16.4 Å². The Morgan fingerprint density at radius 1 is 1.03 bits per heavy atom. The fraction of sp³-hybridized carbons (Fsp3) is 0.174. The van der Waals surface area contributed by atoms with E-state index >= 15 is 0 Å². The second-order valence-corrected chi connectivity index (χ2v) is 9.28. The van der Waals surface area contributed by atoms with E-state index in [2.05, 4.69) is 10.4 Å². The summed E-state index contributed by atoms with van der Waals surface area (Å²) in [5.74, 6) is -0.363. The quantitative estimate of drug-likeness (QED) is 0.492. The molecular weight excluding hydrogens is 412 g/mol. The predicted octanol–water partition coefficient (Wildman–Crippen LogP) is 4.16. The Kier molecular flexibility index (Phi) is 5.56. The molecule has 0 aliphatic carbocycles. The van der Waals surface area contributed by atoms with Crippen molar-refractivity contribution in [1.82, 2.24) is 14.8 Å². The number of nitrogens with one attached hydrogen (secondary N) is 1. The minimum atomic E-state index is -3.37. The van der Waals surface area contributed by atoms with E-state index in [1.54, 1.807) is 36.0 Å². The largest absolute Gasteiger partial charge is 0.322 e. The zero-order chi connectivity index (χ0) is 22.0. The van der Waals surface area contributed by atoms with Crippen LogP contribution in [0.4, 0.5) is 5.69 Å². The van der Waals surface area contributed by atoms with E-state index in [0.717, 1.165) is 5.56 Å². The Hall–Kier alpha value is -3.52. The lowest BCUT2D eigenvalue weighted by atomic mass is 10.1. The molecule has 0 fully saturated rings. The van der Waals surface area contributed by atoms with Crippen LogP contribution in [-0.4, -0.2) is 34.8 Å². The summed E-state index contributed by atoms with van der Waals surface area (Å²) in [6.45, 7) is 4.17. The minimum absolute atomic E-state index is 0.00792. The van der Waals surface area contributed by atoms with Gasteiger partial charge in [0.15, 0.2) is 15.5 Å². The number of benzene rings is 2. The lowest BCUT2D eigenvalue weighted by Crippen LogP contribution is -2.14. The highest BCUT2D eigenvalue weighted by molar-refractivity contribution is 7.91. The third kappa shape index (κ3) is 4.06. The molecule has 4 rings (SSSR count). The summed E-state index contributed by atoms with van der Waals surface area (Å²) >= 11 is 0. The van der Waals surface area contributed by atoms with E-state index < -0.39 is 9.84 Å². The first-order chi connectivity index (χ1) is 14.9. The molecule has 0 atom stereocenters. The number of amides is 1. The molecule has 0 radical (unpaired) electrons. The van der Waals surface area contributed by atoms with Gasteiger partial charge in [-0.15, -0.1) is 0 Å². The minimum Gasteiger partial charge on any atom is -0.322 e. The average Bonchev–Trinajstić information content (AvgIpc) is 3.22. The molecule has 0 aliphatic rings. The van der Waals surface area contributed by atoms with Crippen LogP contribution < -0.4 is 5.32 Å². The number of carbonyl (C=O) groups excluding carboxylic acids is 1. The zero-order valence-electron chi connectivity index (χ0n) is 17.2. The second-order valence-electron chi connectivity index (χ2n) is 7.00. The van der Waals surface area contributed by atoms with Crippen LogP contribution in [0, 0.1) is 0 Å². The van der Waals surface area contributed by atoms with Crippen molar-refractivity contribution < 1.29 is 13.2 Å². The molecular formula is C23H22N4O3S. The van der Waals surface area contributed by atoms with Crippen molar-refractivity contribution in [3.63, 3.8) is 0 Å². The molecule has 0 spiro atoms. The van der Waals surface area contributed by atoms with Crippen LogP contribution in [0.15, 0.2) is 71.8 Å². The smallest absolute Gasteiger partial charge is 0.256 e. The number of nitrogens with zero attached hydrogens (tertiary/aromatic N) is 3. The van der Waals surface area contributed by atoms with Gasteiger partial charge in [0.05, 0.1) is 33.5 Å². The van der Waals surface area contributed by atoms with Crippen LogP contribution in [0.3, 0.4) is 0 Å². The van der Waals surface area contributed by atoms with Gasteiger partial charge in [0, 0.05) is 17.8 Å². The Balaban J connectivity index is 1.78. The monoisotopic (exact) mass is 434 g/mol. The molecule has 0 unspecified atom stereocenters. The van der Waals surface area contributed by atoms with Crippen molar-refractivity contribution in [3.05, 3.63) is 72.4 Å². The predicted molar refractivity (Wildman–Crippen MR) is 121 cm³/mol. The molecule has 31 heavy (non-hydrogen) atoms. The van der Waals surface area contributed by atoms with E-state index in [9.17, 15) is 13.2 Å². The molecule has 7 nitrogen and oxygen atoms in total. The number of rotatable bonds is 6. The van der Waals surface area contributed by atoms with Gasteiger partial charge in [-0.25, -0.2) is 18.1 Å². The van der Waals surface area contributed by atoms with Gasteiger partial charge in [-0.3, -0.25) is 4.79 Å². The van der Waals surface area contributed by atoms with Crippen molar-refractivity contribution in [2.24, 2.45) is 0 Å². The lowest BCUT2D eigenvalue weighted by Gasteiger charge is -2.10. The summed E-state index contributed by atoms with van der Waals surface area (Å²) in [5, 5.41) is 7.81. The topological polar surface area (TPSA) is 94.0 Å². The number of fused-ring (bicyclic) bond motifs is 1. The van der Waals surface area contributed by atoms with Gasteiger partial charge in [-0.05, 0) is 31.2 Å². The Morgan fingerprint density at radius 3 is 2.52 bits per heavy atom. The van der Waals surface area contributed by atoms with Crippen LogP contribution in [0.2, 0.25) is 0 Å². The standard InChI is InChI=1S/C23H22N4O3S/c1-3-27-22-20(15-24-27)19(14-21(26-22)16-9-6-5-7-10-16)23(28)25-17-11-8-12-18(13-17)31(29,30)4-2/h5-15H,3-4H2,1-2H3,(H,25,28). The summed E-state index contributed by atoms with van der Waals surface area (Å²) in [6, 6.07) is 17.6. The Bertz CT molecular complexity index is 1360. The van der Waals surface area contributed by atoms with Crippen LogP contribution in [0.1, 0.15) is 24.2 Å². The zero-order valence-corrected chi connectivity index (χ0v) is 18.1. The van der Waals surface area contributed by atoms with Gasteiger partial charge in [-0.2, -0.15) is 5.10 Å². The summed E-state index contributed by atoms with van der Waals surface area (Å²) in [6.07, 6.45) is 1.63. The van der Waals surface area contributed by atoms with Crippen LogP contribution in [0.5, 0.6) is 0 Å². The highest BCUT2D eigenvalue weighted by atomic mass is 32.2. The molecule has 1 amide bonds. The third-order valence-electron chi connectivity index (χ3n) is 5.05. The maximum atomic E-state index is 13.2. The highest BCUT2D eigenvalue weighted by Crippen LogP contribution is 2.26. The van der Waals surface area contributed by atoms with Crippen LogP contribution in [0.25, 0.3) is 22.3 Å². The number of aryl methyl sites for hydroxylation is 1. The average molecular weight is 435 g/mol. The number of carbonyl (C=O) groups is 1. The summed E-state index contributed by atoms with van der Waals surface area (Å²) in [7, 11) is -3.37. The number of hydrogen-bond donors (Lipinski definition) is 1. The Labute approximate surface area is 180 Å². The van der Waals surface area contributed by atoms with Gasteiger partial charge in [0.2, 0.25) is 0 Å². The molecule has 1 N–H and O–H groups in total. The molecule has 2 heterocycles. The fourth-order valence-electron chi connectivity index (χ4n) is 3.36. The maximum absolute atomic E-state index is 13.2. The number of pyridine rings is 1. The number of hydrogen-bond acceptors (Lipinski definition) is 5. The molecule has 158 valence electrons. The number of anilines is 1. The fourth-order valence-corrected chi connectivity index (χ4v) is 4.28. The highest BCUT2D eigenvalue weighted by Gasteiger charge is 2.18. The molecule has 0 aliphatic heterocycles.